The Morgan fingerprint density at radius 2 is 1.86 bits per heavy atom. The van der Waals surface area contributed by atoms with Crippen molar-refractivity contribution in [2.75, 3.05) is 33.1 Å². The van der Waals surface area contributed by atoms with Crippen molar-refractivity contribution in [2.24, 2.45) is 0 Å². The molecular formula is C14H20ClO6P. The molecule has 0 atom stereocenters. The topological polar surface area (TPSA) is 71.1 Å². The number of hydrogen-bond acceptors (Lipinski definition) is 6. The van der Waals surface area contributed by atoms with Crippen LogP contribution in [0.3, 0.4) is 0 Å². The fraction of sp³-hybridized carbons (Fsp3) is 0.500. The number of esters is 1. The van der Waals surface area contributed by atoms with Crippen LogP contribution in [0.2, 0.25) is 5.02 Å². The lowest BCUT2D eigenvalue weighted by molar-refractivity contribution is 0.0600. The fourth-order valence-corrected chi connectivity index (χ4v) is 3.36. The summed E-state index contributed by atoms with van der Waals surface area (Å²) in [6, 6.07) is 4.55. The van der Waals surface area contributed by atoms with Gasteiger partial charge in [0.2, 0.25) is 0 Å². The molecule has 0 aliphatic heterocycles. The van der Waals surface area contributed by atoms with E-state index in [2.05, 4.69) is 4.74 Å². The van der Waals surface area contributed by atoms with Crippen LogP contribution in [0.1, 0.15) is 24.2 Å². The van der Waals surface area contributed by atoms with Crippen LogP contribution in [-0.2, 0) is 18.3 Å². The zero-order valence-electron chi connectivity index (χ0n) is 12.8. The number of ether oxygens (including phenoxy) is 2. The highest BCUT2D eigenvalue weighted by Crippen LogP contribution is 2.47. The average molecular weight is 351 g/mol. The zero-order valence-corrected chi connectivity index (χ0v) is 14.5. The molecule has 0 aromatic heterocycles. The van der Waals surface area contributed by atoms with E-state index >= 15 is 0 Å². The first-order valence-electron chi connectivity index (χ1n) is 6.84. The minimum atomic E-state index is -3.14. The SMILES string of the molecule is CCOP(=O)(CCOc1ccc(C(=O)OC)cc1Cl)OCC. The van der Waals surface area contributed by atoms with Crippen LogP contribution in [0, 0.1) is 0 Å². The molecule has 0 bridgehead atoms. The van der Waals surface area contributed by atoms with Crippen molar-refractivity contribution < 1.29 is 27.9 Å². The second-order valence-corrected chi connectivity index (χ2v) is 6.75. The largest absolute Gasteiger partial charge is 0.491 e. The summed E-state index contributed by atoms with van der Waals surface area (Å²) >= 11 is 6.04. The maximum absolute atomic E-state index is 12.3. The molecule has 0 saturated carbocycles. The molecule has 1 rings (SSSR count). The molecular weight excluding hydrogens is 331 g/mol. The summed E-state index contributed by atoms with van der Waals surface area (Å²) in [4.78, 5) is 11.4. The molecule has 124 valence electrons. The van der Waals surface area contributed by atoms with E-state index in [0.29, 0.717) is 24.5 Å². The molecule has 1 aromatic carbocycles. The van der Waals surface area contributed by atoms with Crippen LogP contribution in [0.5, 0.6) is 5.75 Å². The van der Waals surface area contributed by atoms with Gasteiger partial charge in [0.25, 0.3) is 0 Å². The molecule has 0 aliphatic carbocycles. The Hall–Kier alpha value is -1.07. The molecule has 6 nitrogen and oxygen atoms in total. The summed E-state index contributed by atoms with van der Waals surface area (Å²) in [5.74, 6) is -0.0977. The molecule has 0 saturated heterocycles. The van der Waals surface area contributed by atoms with E-state index in [1.807, 2.05) is 0 Å². The maximum Gasteiger partial charge on any atom is 0.337 e. The van der Waals surface area contributed by atoms with E-state index in [9.17, 15) is 9.36 Å². The predicted octanol–water partition coefficient (Wildman–Crippen LogP) is 3.77. The fourth-order valence-electron chi connectivity index (χ4n) is 1.69. The molecule has 0 spiro atoms. The zero-order chi connectivity index (χ0) is 16.6. The van der Waals surface area contributed by atoms with Gasteiger partial charge in [-0.1, -0.05) is 11.6 Å². The van der Waals surface area contributed by atoms with Gasteiger partial charge in [0.1, 0.15) is 5.75 Å². The molecule has 0 radical (unpaired) electrons. The van der Waals surface area contributed by atoms with E-state index in [1.165, 1.54) is 19.2 Å². The first-order valence-corrected chi connectivity index (χ1v) is 8.95. The van der Waals surface area contributed by atoms with Crippen molar-refractivity contribution in [1.82, 2.24) is 0 Å². The van der Waals surface area contributed by atoms with E-state index in [1.54, 1.807) is 19.9 Å². The Balaban J connectivity index is 2.64. The lowest BCUT2D eigenvalue weighted by Crippen LogP contribution is -2.09. The second-order valence-electron chi connectivity index (χ2n) is 4.16. The van der Waals surface area contributed by atoms with Crippen molar-refractivity contribution in [2.45, 2.75) is 13.8 Å². The van der Waals surface area contributed by atoms with Gasteiger partial charge in [-0.15, -0.1) is 0 Å². The van der Waals surface area contributed by atoms with Gasteiger partial charge in [0.15, 0.2) is 0 Å². The number of carbonyl (C=O) groups is 1. The highest BCUT2D eigenvalue weighted by Gasteiger charge is 2.23. The molecule has 22 heavy (non-hydrogen) atoms. The summed E-state index contributed by atoms with van der Waals surface area (Å²) in [6.45, 7) is 4.20. The van der Waals surface area contributed by atoms with Crippen LogP contribution < -0.4 is 4.74 Å². The summed E-state index contributed by atoms with van der Waals surface area (Å²) in [6.07, 6.45) is 0.115. The minimum absolute atomic E-state index is 0.115. The third kappa shape index (κ3) is 5.61. The summed E-state index contributed by atoms with van der Waals surface area (Å²) in [5.41, 5.74) is 0.328. The van der Waals surface area contributed by atoms with E-state index < -0.39 is 13.6 Å². The second kappa shape index (κ2) is 9.16. The number of carbonyl (C=O) groups excluding carboxylic acids is 1. The van der Waals surface area contributed by atoms with Gasteiger partial charge in [-0.05, 0) is 32.0 Å². The van der Waals surface area contributed by atoms with E-state index in [0.717, 1.165) is 0 Å². The van der Waals surface area contributed by atoms with Gasteiger partial charge in [-0.2, -0.15) is 0 Å². The van der Waals surface area contributed by atoms with Crippen LogP contribution in [0.15, 0.2) is 18.2 Å². The van der Waals surface area contributed by atoms with Gasteiger partial charge in [0.05, 0.1) is 43.7 Å². The van der Waals surface area contributed by atoms with Crippen LogP contribution in [-0.4, -0.2) is 39.1 Å². The maximum atomic E-state index is 12.3. The van der Waals surface area contributed by atoms with Crippen LogP contribution in [0.25, 0.3) is 0 Å². The molecule has 0 heterocycles. The van der Waals surface area contributed by atoms with Gasteiger partial charge in [-0.3, -0.25) is 4.57 Å². The third-order valence-corrected chi connectivity index (χ3v) is 4.96. The van der Waals surface area contributed by atoms with E-state index in [4.69, 9.17) is 25.4 Å². The molecule has 0 amide bonds. The normalized spacial score (nSPS) is 11.3. The average Bonchev–Trinajstić information content (AvgIpc) is 2.48. The molecule has 0 fully saturated rings. The number of halogens is 1. The molecule has 0 N–H and O–H groups in total. The first kappa shape index (κ1) is 19.0. The predicted molar refractivity (Wildman–Crippen MR) is 84.0 cm³/mol. The monoisotopic (exact) mass is 350 g/mol. The summed E-state index contributed by atoms with van der Waals surface area (Å²) in [7, 11) is -1.85. The van der Waals surface area contributed by atoms with E-state index in [-0.39, 0.29) is 17.8 Å². The van der Waals surface area contributed by atoms with Crippen molar-refractivity contribution in [3.05, 3.63) is 28.8 Å². The van der Waals surface area contributed by atoms with Gasteiger partial charge in [0, 0.05) is 0 Å². The molecule has 8 heteroatoms. The summed E-state index contributed by atoms with van der Waals surface area (Å²) < 4.78 is 32.7. The third-order valence-electron chi connectivity index (χ3n) is 2.63. The first-order chi connectivity index (χ1) is 10.5. The lowest BCUT2D eigenvalue weighted by Gasteiger charge is -2.17. The Morgan fingerprint density at radius 1 is 1.23 bits per heavy atom. The Bertz CT molecular complexity index is 538. The summed E-state index contributed by atoms with van der Waals surface area (Å²) in [5, 5.41) is 0.269. The molecule has 1 aromatic rings. The van der Waals surface area contributed by atoms with Crippen molar-refractivity contribution in [1.29, 1.82) is 0 Å². The minimum Gasteiger partial charge on any atom is -0.491 e. The Labute approximate surface area is 135 Å². The number of methoxy groups -OCH3 is 1. The molecule has 0 unspecified atom stereocenters. The van der Waals surface area contributed by atoms with Crippen LogP contribution >= 0.6 is 19.2 Å². The lowest BCUT2D eigenvalue weighted by atomic mass is 10.2. The van der Waals surface area contributed by atoms with Crippen molar-refractivity contribution in [3.63, 3.8) is 0 Å². The van der Waals surface area contributed by atoms with Crippen molar-refractivity contribution >= 4 is 25.2 Å². The van der Waals surface area contributed by atoms with Crippen LogP contribution in [0.4, 0.5) is 0 Å². The van der Waals surface area contributed by atoms with Gasteiger partial charge < -0.3 is 18.5 Å². The smallest absolute Gasteiger partial charge is 0.337 e. The number of rotatable bonds is 9. The Kier molecular flexibility index (Phi) is 7.90. The van der Waals surface area contributed by atoms with Gasteiger partial charge in [-0.25, -0.2) is 4.79 Å². The van der Waals surface area contributed by atoms with Gasteiger partial charge >= 0.3 is 13.6 Å². The highest BCUT2D eigenvalue weighted by molar-refractivity contribution is 7.53. The standard InChI is InChI=1S/C14H20ClO6P/c1-4-20-22(17,21-5-2)9-8-19-13-7-6-11(10-12(13)15)14(16)18-3/h6-7,10H,4-5,8-9H2,1-3H3. The quantitative estimate of drug-likeness (QED) is 0.498. The number of hydrogen-bond donors (Lipinski definition) is 0. The molecule has 0 aliphatic rings. The van der Waals surface area contributed by atoms with Crippen molar-refractivity contribution in [3.8, 4) is 5.75 Å². The highest BCUT2D eigenvalue weighted by atomic mass is 35.5. The Morgan fingerprint density at radius 3 is 2.36 bits per heavy atom. The number of benzene rings is 1.